The number of fused-ring (bicyclic) bond motifs is 1. The van der Waals surface area contributed by atoms with E-state index in [4.69, 9.17) is 9.15 Å². The van der Waals surface area contributed by atoms with Gasteiger partial charge in [0.25, 0.3) is 17.7 Å². The highest BCUT2D eigenvalue weighted by atomic mass is 16.5. The average molecular weight is 410 g/mol. The maximum Gasteiger partial charge on any atom is 0.338 e. The first kappa shape index (κ1) is 21.0. The van der Waals surface area contributed by atoms with E-state index in [9.17, 15) is 19.2 Å². The Morgan fingerprint density at radius 3 is 2.53 bits per heavy atom. The summed E-state index contributed by atoms with van der Waals surface area (Å²) in [7, 11) is 0. The lowest BCUT2D eigenvalue weighted by Gasteiger charge is -2.20. The Morgan fingerprint density at radius 2 is 1.90 bits per heavy atom. The third kappa shape index (κ3) is 4.32. The van der Waals surface area contributed by atoms with Gasteiger partial charge in [-0.25, -0.2) is 4.79 Å². The van der Waals surface area contributed by atoms with Crippen molar-refractivity contribution in [1.82, 2.24) is 9.80 Å². The van der Waals surface area contributed by atoms with Gasteiger partial charge in [0.1, 0.15) is 5.76 Å². The summed E-state index contributed by atoms with van der Waals surface area (Å²) in [6, 6.07) is 7.46. The molecule has 0 N–H and O–H groups in total. The molecule has 3 amide bonds. The molecule has 0 atom stereocenters. The maximum absolute atomic E-state index is 12.6. The molecule has 1 aromatic carbocycles. The van der Waals surface area contributed by atoms with E-state index in [1.54, 1.807) is 19.1 Å². The molecule has 0 fully saturated rings. The van der Waals surface area contributed by atoms with Crippen LogP contribution in [0, 0.1) is 0 Å². The minimum atomic E-state index is -0.748. The van der Waals surface area contributed by atoms with Crippen molar-refractivity contribution >= 4 is 23.7 Å². The number of esters is 1. The van der Waals surface area contributed by atoms with Crippen molar-refractivity contribution < 1.29 is 28.3 Å². The molecule has 1 aliphatic rings. The fraction of sp³-hybridized carbons (Fsp3) is 0.273. The second-order valence-corrected chi connectivity index (χ2v) is 6.98. The molecule has 8 heteroatoms. The van der Waals surface area contributed by atoms with Gasteiger partial charge in [0.2, 0.25) is 0 Å². The molecule has 8 nitrogen and oxygen atoms in total. The van der Waals surface area contributed by atoms with E-state index in [1.807, 2.05) is 6.92 Å². The van der Waals surface area contributed by atoms with Crippen LogP contribution in [0.2, 0.25) is 0 Å². The van der Waals surface area contributed by atoms with Gasteiger partial charge in [0, 0.05) is 13.1 Å². The van der Waals surface area contributed by atoms with Crippen molar-refractivity contribution in [3.8, 4) is 0 Å². The first-order chi connectivity index (χ1) is 14.3. The minimum Gasteiger partial charge on any atom is -0.467 e. The summed E-state index contributed by atoms with van der Waals surface area (Å²) in [4.78, 5) is 52.3. The van der Waals surface area contributed by atoms with E-state index < -0.39 is 24.4 Å². The molecule has 0 unspecified atom stereocenters. The second kappa shape index (κ2) is 8.77. The molecule has 30 heavy (non-hydrogen) atoms. The molecule has 0 bridgehead atoms. The van der Waals surface area contributed by atoms with E-state index in [-0.39, 0.29) is 29.1 Å². The molecule has 0 aliphatic carbocycles. The maximum atomic E-state index is 12.6. The molecule has 0 saturated heterocycles. The van der Waals surface area contributed by atoms with Crippen LogP contribution in [0.1, 0.15) is 50.7 Å². The SMILES string of the molecule is C=C(C)CN(CC)C(=O)COC(=O)c1ccc2c(c1)C(=O)N(Cc1ccco1)C2=O. The van der Waals surface area contributed by atoms with Crippen LogP contribution in [0.5, 0.6) is 0 Å². The summed E-state index contributed by atoms with van der Waals surface area (Å²) in [6.45, 7) is 7.82. The van der Waals surface area contributed by atoms with Gasteiger partial charge in [-0.05, 0) is 44.2 Å². The van der Waals surface area contributed by atoms with Gasteiger partial charge in [0.15, 0.2) is 6.61 Å². The van der Waals surface area contributed by atoms with Crippen molar-refractivity contribution in [3.05, 3.63) is 71.2 Å². The molecule has 3 rings (SSSR count). The summed E-state index contributed by atoms with van der Waals surface area (Å²) in [6.07, 6.45) is 1.46. The van der Waals surface area contributed by atoms with Gasteiger partial charge in [-0.2, -0.15) is 0 Å². The van der Waals surface area contributed by atoms with Crippen LogP contribution < -0.4 is 0 Å². The summed E-state index contributed by atoms with van der Waals surface area (Å²) in [5.41, 5.74) is 1.23. The zero-order chi connectivity index (χ0) is 21.8. The Hall–Kier alpha value is -3.68. The molecule has 2 heterocycles. The van der Waals surface area contributed by atoms with E-state index in [1.165, 1.54) is 29.4 Å². The Kier molecular flexibility index (Phi) is 6.15. The molecule has 1 aliphatic heterocycles. The molecule has 0 saturated carbocycles. The highest BCUT2D eigenvalue weighted by molar-refractivity contribution is 6.21. The van der Waals surface area contributed by atoms with E-state index in [0.29, 0.717) is 18.8 Å². The van der Waals surface area contributed by atoms with Crippen molar-refractivity contribution in [3.63, 3.8) is 0 Å². The molecule has 1 aromatic heterocycles. The fourth-order valence-corrected chi connectivity index (χ4v) is 3.12. The fourth-order valence-electron chi connectivity index (χ4n) is 3.12. The monoisotopic (exact) mass is 410 g/mol. The highest BCUT2D eigenvalue weighted by Gasteiger charge is 2.36. The molecule has 0 spiro atoms. The predicted molar refractivity (Wildman–Crippen MR) is 107 cm³/mol. The number of imide groups is 1. The van der Waals surface area contributed by atoms with Crippen LogP contribution in [-0.4, -0.2) is 53.2 Å². The normalized spacial score (nSPS) is 12.7. The quantitative estimate of drug-likeness (QED) is 0.377. The van der Waals surface area contributed by atoms with Crippen LogP contribution in [0.3, 0.4) is 0 Å². The number of rotatable bonds is 8. The van der Waals surface area contributed by atoms with Gasteiger partial charge in [-0.1, -0.05) is 12.2 Å². The molecule has 0 radical (unpaired) electrons. The topological polar surface area (TPSA) is 97.1 Å². The van der Waals surface area contributed by atoms with Crippen LogP contribution in [0.25, 0.3) is 0 Å². The van der Waals surface area contributed by atoms with E-state index in [0.717, 1.165) is 10.5 Å². The number of furan rings is 1. The van der Waals surface area contributed by atoms with Gasteiger partial charge >= 0.3 is 5.97 Å². The lowest BCUT2D eigenvalue weighted by molar-refractivity contribution is -0.133. The summed E-state index contributed by atoms with van der Waals surface area (Å²) in [5, 5.41) is 0. The summed E-state index contributed by atoms with van der Waals surface area (Å²) in [5.74, 6) is -1.60. The number of carbonyl (C=O) groups is 4. The highest BCUT2D eigenvalue weighted by Crippen LogP contribution is 2.26. The number of likely N-dealkylation sites (N-methyl/N-ethyl adjacent to an activating group) is 1. The number of carbonyl (C=O) groups excluding carboxylic acids is 4. The third-order valence-electron chi connectivity index (χ3n) is 4.62. The third-order valence-corrected chi connectivity index (χ3v) is 4.62. The number of hydrogen-bond donors (Lipinski definition) is 0. The van der Waals surface area contributed by atoms with Crippen LogP contribution in [-0.2, 0) is 16.1 Å². The van der Waals surface area contributed by atoms with Crippen molar-refractivity contribution in [2.75, 3.05) is 19.7 Å². The summed E-state index contributed by atoms with van der Waals surface area (Å²) < 4.78 is 10.3. The predicted octanol–water partition coefficient (Wildman–Crippen LogP) is 2.66. The lowest BCUT2D eigenvalue weighted by atomic mass is 10.1. The zero-order valence-electron chi connectivity index (χ0n) is 16.8. The zero-order valence-corrected chi connectivity index (χ0v) is 16.8. The summed E-state index contributed by atoms with van der Waals surface area (Å²) >= 11 is 0. The van der Waals surface area contributed by atoms with E-state index in [2.05, 4.69) is 6.58 Å². The smallest absolute Gasteiger partial charge is 0.338 e. The van der Waals surface area contributed by atoms with Crippen LogP contribution in [0.4, 0.5) is 0 Å². The molecular weight excluding hydrogens is 388 g/mol. The molecular formula is C22H22N2O6. The van der Waals surface area contributed by atoms with Crippen LogP contribution >= 0.6 is 0 Å². The Labute approximate surface area is 173 Å². The largest absolute Gasteiger partial charge is 0.467 e. The van der Waals surface area contributed by atoms with Gasteiger partial charge in [-0.15, -0.1) is 0 Å². The molecule has 2 aromatic rings. The Morgan fingerprint density at radius 1 is 1.17 bits per heavy atom. The van der Waals surface area contributed by atoms with Crippen LogP contribution in [0.15, 0.2) is 53.2 Å². The number of amides is 3. The van der Waals surface area contributed by atoms with Crippen molar-refractivity contribution in [2.45, 2.75) is 20.4 Å². The average Bonchev–Trinajstić information content (AvgIpc) is 3.32. The first-order valence-corrected chi connectivity index (χ1v) is 9.43. The minimum absolute atomic E-state index is 0.00318. The standard InChI is InChI=1S/C22H22N2O6/c1-4-23(11-14(2)3)19(25)13-30-22(28)15-7-8-17-18(10-15)21(27)24(20(17)26)12-16-6-5-9-29-16/h5-10H,2,4,11-13H2,1,3H3. The van der Waals surface area contributed by atoms with Gasteiger partial charge < -0.3 is 14.1 Å². The number of nitrogens with zero attached hydrogens (tertiary/aromatic N) is 2. The van der Waals surface area contributed by atoms with Crippen molar-refractivity contribution in [1.29, 1.82) is 0 Å². The Balaban J connectivity index is 1.68. The Bertz CT molecular complexity index is 1010. The molecule has 156 valence electrons. The van der Waals surface area contributed by atoms with Gasteiger partial charge in [0.05, 0.1) is 29.5 Å². The first-order valence-electron chi connectivity index (χ1n) is 9.43. The number of hydrogen-bond acceptors (Lipinski definition) is 6. The lowest BCUT2D eigenvalue weighted by Crippen LogP contribution is -2.35. The number of benzene rings is 1. The van der Waals surface area contributed by atoms with E-state index >= 15 is 0 Å². The van der Waals surface area contributed by atoms with Gasteiger partial charge in [-0.3, -0.25) is 19.3 Å². The van der Waals surface area contributed by atoms with Crippen molar-refractivity contribution in [2.24, 2.45) is 0 Å². The number of ether oxygens (including phenoxy) is 1. The second-order valence-electron chi connectivity index (χ2n) is 6.98.